The van der Waals surface area contributed by atoms with Gasteiger partial charge in [-0.3, -0.25) is 0 Å². The van der Waals surface area contributed by atoms with E-state index >= 15 is 0 Å². The van der Waals surface area contributed by atoms with Crippen LogP contribution in [0.25, 0.3) is 0 Å². The number of likely N-dealkylation sites (tertiary alicyclic amines) is 1. The van der Waals surface area contributed by atoms with Crippen molar-refractivity contribution in [3.63, 3.8) is 0 Å². The molecule has 0 atom stereocenters. The summed E-state index contributed by atoms with van der Waals surface area (Å²) in [5, 5.41) is 3.53. The predicted octanol–water partition coefficient (Wildman–Crippen LogP) is 2.11. The summed E-state index contributed by atoms with van der Waals surface area (Å²) >= 11 is 0. The molecule has 2 aliphatic rings. The maximum Gasteiger partial charge on any atom is 0.00300 e. The van der Waals surface area contributed by atoms with E-state index in [0.29, 0.717) is 10.8 Å². The van der Waals surface area contributed by atoms with Gasteiger partial charge in [-0.15, -0.1) is 0 Å². The topological polar surface area (TPSA) is 15.3 Å². The molecule has 2 nitrogen and oxygen atoms in total. The van der Waals surface area contributed by atoms with Crippen LogP contribution < -0.4 is 5.32 Å². The first-order valence-electron chi connectivity index (χ1n) is 6.42. The molecule has 2 heterocycles. The molecule has 2 saturated heterocycles. The quantitative estimate of drug-likeness (QED) is 0.713. The first kappa shape index (κ1) is 11.4. The molecule has 0 bridgehead atoms. The van der Waals surface area contributed by atoms with Gasteiger partial charge >= 0.3 is 0 Å². The highest BCUT2D eigenvalue weighted by atomic mass is 15.1. The molecule has 0 saturated carbocycles. The Balaban J connectivity index is 1.81. The number of nitrogens with zero attached hydrogens (tertiary/aromatic N) is 1. The lowest BCUT2D eigenvalue weighted by Gasteiger charge is -2.41. The fourth-order valence-electron chi connectivity index (χ4n) is 3.08. The van der Waals surface area contributed by atoms with Crippen molar-refractivity contribution in [2.45, 2.75) is 40.0 Å². The zero-order chi connectivity index (χ0) is 10.9. The summed E-state index contributed by atoms with van der Waals surface area (Å²) in [6, 6.07) is 0. The second kappa shape index (κ2) is 4.06. The van der Waals surface area contributed by atoms with Crippen molar-refractivity contribution in [2.75, 3.05) is 32.7 Å². The summed E-state index contributed by atoms with van der Waals surface area (Å²) in [6.07, 6.45) is 4.24. The lowest BCUT2D eigenvalue weighted by Crippen LogP contribution is -2.44. The van der Waals surface area contributed by atoms with Crippen LogP contribution in [0.15, 0.2) is 0 Å². The highest BCUT2D eigenvalue weighted by Crippen LogP contribution is 2.37. The van der Waals surface area contributed by atoms with Crippen LogP contribution in [0.4, 0.5) is 0 Å². The Hall–Kier alpha value is -0.0800. The van der Waals surface area contributed by atoms with Crippen molar-refractivity contribution in [3.05, 3.63) is 0 Å². The largest absolute Gasteiger partial charge is 0.316 e. The van der Waals surface area contributed by atoms with Crippen LogP contribution in [0.2, 0.25) is 0 Å². The molecule has 2 rings (SSSR count). The molecule has 88 valence electrons. The van der Waals surface area contributed by atoms with E-state index in [4.69, 9.17) is 0 Å². The second-order valence-electron chi connectivity index (χ2n) is 6.76. The van der Waals surface area contributed by atoms with E-state index in [1.165, 1.54) is 52.0 Å². The van der Waals surface area contributed by atoms with E-state index in [2.05, 4.69) is 31.0 Å². The molecule has 2 heteroatoms. The van der Waals surface area contributed by atoms with Gasteiger partial charge in [0, 0.05) is 13.1 Å². The molecule has 0 aliphatic carbocycles. The minimum atomic E-state index is 0.457. The summed E-state index contributed by atoms with van der Waals surface area (Å²) in [6.45, 7) is 13.4. The lowest BCUT2D eigenvalue weighted by atomic mass is 9.77. The van der Waals surface area contributed by atoms with Gasteiger partial charge in [-0.25, -0.2) is 0 Å². The molecule has 1 N–H and O–H groups in total. The Labute approximate surface area is 94.4 Å². The zero-order valence-electron chi connectivity index (χ0n) is 10.6. The van der Waals surface area contributed by atoms with E-state index in [1.807, 2.05) is 0 Å². The van der Waals surface area contributed by atoms with Gasteiger partial charge in [0.25, 0.3) is 0 Å². The van der Waals surface area contributed by atoms with Gasteiger partial charge in [0.2, 0.25) is 0 Å². The van der Waals surface area contributed by atoms with Crippen LogP contribution in [0, 0.1) is 10.8 Å². The number of rotatable bonds is 1. The maximum atomic E-state index is 3.53. The van der Waals surface area contributed by atoms with Gasteiger partial charge in [-0.2, -0.15) is 0 Å². The summed E-state index contributed by atoms with van der Waals surface area (Å²) in [5.74, 6) is 0. The molecule has 0 radical (unpaired) electrons. The monoisotopic (exact) mass is 210 g/mol. The molecular weight excluding hydrogens is 184 g/mol. The predicted molar refractivity (Wildman–Crippen MR) is 65.0 cm³/mol. The zero-order valence-corrected chi connectivity index (χ0v) is 10.6. The van der Waals surface area contributed by atoms with Crippen molar-refractivity contribution >= 4 is 0 Å². The van der Waals surface area contributed by atoms with Crippen LogP contribution in [0.3, 0.4) is 0 Å². The molecule has 0 unspecified atom stereocenters. The van der Waals surface area contributed by atoms with Crippen LogP contribution in [0.5, 0.6) is 0 Å². The maximum absolute atomic E-state index is 3.53. The van der Waals surface area contributed by atoms with Crippen molar-refractivity contribution in [3.8, 4) is 0 Å². The second-order valence-corrected chi connectivity index (χ2v) is 6.76. The van der Waals surface area contributed by atoms with Crippen LogP contribution in [0.1, 0.15) is 40.0 Å². The third-order valence-electron chi connectivity index (χ3n) is 3.95. The Morgan fingerprint density at radius 1 is 1.13 bits per heavy atom. The Morgan fingerprint density at radius 2 is 1.80 bits per heavy atom. The van der Waals surface area contributed by atoms with Crippen molar-refractivity contribution in [2.24, 2.45) is 10.8 Å². The average Bonchev–Trinajstić information content (AvgIpc) is 2.56. The molecule has 0 aromatic rings. The number of hydrogen-bond donors (Lipinski definition) is 1. The van der Waals surface area contributed by atoms with Gasteiger partial charge in [0.05, 0.1) is 0 Å². The fourth-order valence-corrected chi connectivity index (χ4v) is 3.08. The average molecular weight is 210 g/mol. The molecule has 0 aromatic carbocycles. The highest BCUT2D eigenvalue weighted by Gasteiger charge is 2.37. The third kappa shape index (κ3) is 2.94. The number of piperidine rings is 1. The van der Waals surface area contributed by atoms with Crippen molar-refractivity contribution in [1.82, 2.24) is 10.2 Å². The molecule has 2 aliphatic heterocycles. The molecule has 15 heavy (non-hydrogen) atoms. The minimum absolute atomic E-state index is 0.457. The minimum Gasteiger partial charge on any atom is -0.316 e. The molecule has 2 fully saturated rings. The smallest absolute Gasteiger partial charge is 0.00300 e. The molecule has 0 amide bonds. The van der Waals surface area contributed by atoms with E-state index in [1.54, 1.807) is 0 Å². The Morgan fingerprint density at radius 3 is 2.27 bits per heavy atom. The van der Waals surface area contributed by atoms with Crippen molar-refractivity contribution in [1.29, 1.82) is 0 Å². The normalized spacial score (nSPS) is 27.4. The number of nitrogens with one attached hydrogen (secondary N) is 1. The van der Waals surface area contributed by atoms with Gasteiger partial charge in [0.15, 0.2) is 0 Å². The lowest BCUT2D eigenvalue weighted by molar-refractivity contribution is 0.0908. The van der Waals surface area contributed by atoms with Gasteiger partial charge in [-0.1, -0.05) is 20.8 Å². The fraction of sp³-hybridized carbons (Fsp3) is 1.00. The van der Waals surface area contributed by atoms with Crippen molar-refractivity contribution < 1.29 is 0 Å². The van der Waals surface area contributed by atoms with E-state index < -0.39 is 0 Å². The first-order chi connectivity index (χ1) is 6.99. The van der Waals surface area contributed by atoms with Crippen LogP contribution in [-0.2, 0) is 0 Å². The SMILES string of the molecule is CC(C)(C)CN1CCC2(CCNC2)CC1. The molecular formula is C13H26N2. The van der Waals surface area contributed by atoms with Gasteiger partial charge in [0.1, 0.15) is 0 Å². The summed E-state index contributed by atoms with van der Waals surface area (Å²) in [7, 11) is 0. The van der Waals surface area contributed by atoms with Crippen LogP contribution in [-0.4, -0.2) is 37.6 Å². The van der Waals surface area contributed by atoms with Crippen LogP contribution >= 0.6 is 0 Å². The van der Waals surface area contributed by atoms with E-state index in [0.717, 1.165) is 0 Å². The Kier molecular flexibility index (Phi) is 3.09. The van der Waals surface area contributed by atoms with E-state index in [-0.39, 0.29) is 0 Å². The number of hydrogen-bond acceptors (Lipinski definition) is 2. The van der Waals surface area contributed by atoms with Gasteiger partial charge in [-0.05, 0) is 49.7 Å². The standard InChI is InChI=1S/C13H26N2/c1-12(2,3)11-15-8-5-13(6-9-15)4-7-14-10-13/h14H,4-11H2,1-3H3. The highest BCUT2D eigenvalue weighted by molar-refractivity contribution is 4.92. The summed E-state index contributed by atoms with van der Waals surface area (Å²) in [4.78, 5) is 2.66. The van der Waals surface area contributed by atoms with E-state index in [9.17, 15) is 0 Å². The first-order valence-corrected chi connectivity index (χ1v) is 6.42. The summed E-state index contributed by atoms with van der Waals surface area (Å²) in [5.41, 5.74) is 1.13. The molecule has 1 spiro atoms. The third-order valence-corrected chi connectivity index (χ3v) is 3.95. The van der Waals surface area contributed by atoms with Gasteiger partial charge < -0.3 is 10.2 Å². The Bertz CT molecular complexity index is 201. The molecule has 0 aromatic heterocycles. The summed E-state index contributed by atoms with van der Waals surface area (Å²) < 4.78 is 0.